The molecule has 4 rings (SSSR count). The molecule has 0 bridgehead atoms. The molecule has 0 radical (unpaired) electrons. The van der Waals surface area contributed by atoms with E-state index in [1.807, 2.05) is 6.92 Å². The number of imide groups is 1. The first-order chi connectivity index (χ1) is 12.4. The van der Waals surface area contributed by atoms with E-state index < -0.39 is 5.91 Å². The third kappa shape index (κ3) is 2.26. The number of rotatable bonds is 2. The Labute approximate surface area is 148 Å². The van der Waals surface area contributed by atoms with Crippen LogP contribution in [-0.2, 0) is 7.05 Å². The number of aryl methyl sites for hydroxylation is 2. The van der Waals surface area contributed by atoms with E-state index in [1.54, 1.807) is 24.0 Å². The Morgan fingerprint density at radius 3 is 2.58 bits per heavy atom. The van der Waals surface area contributed by atoms with Crippen LogP contribution < -0.4 is 5.32 Å². The van der Waals surface area contributed by atoms with Gasteiger partial charge < -0.3 is 5.32 Å². The Hall–Kier alpha value is -3.55. The average Bonchev–Trinajstić information content (AvgIpc) is 3.03. The van der Waals surface area contributed by atoms with E-state index in [1.165, 1.54) is 25.2 Å². The lowest BCUT2D eigenvalue weighted by molar-refractivity contribution is 0.0693. The number of nitrogens with zero attached hydrogens (tertiary/aromatic N) is 4. The van der Waals surface area contributed by atoms with Gasteiger partial charge in [0.2, 0.25) is 0 Å². The zero-order valence-electron chi connectivity index (χ0n) is 14.4. The molecule has 1 aliphatic rings. The fraction of sp³-hybridized carbons (Fsp3) is 0.167. The largest absolute Gasteiger partial charge is 0.321 e. The van der Waals surface area contributed by atoms with E-state index in [-0.39, 0.29) is 17.4 Å². The van der Waals surface area contributed by atoms with Gasteiger partial charge >= 0.3 is 0 Å². The van der Waals surface area contributed by atoms with E-state index in [9.17, 15) is 14.4 Å². The van der Waals surface area contributed by atoms with Crippen LogP contribution in [0, 0.1) is 6.92 Å². The van der Waals surface area contributed by atoms with Crippen molar-refractivity contribution in [3.8, 4) is 0 Å². The molecule has 0 saturated heterocycles. The molecule has 130 valence electrons. The normalized spacial score (nSPS) is 13.4. The van der Waals surface area contributed by atoms with Gasteiger partial charge in [0, 0.05) is 25.0 Å². The van der Waals surface area contributed by atoms with Gasteiger partial charge in [0.15, 0.2) is 5.65 Å². The van der Waals surface area contributed by atoms with E-state index in [4.69, 9.17) is 0 Å². The number of hydrogen-bond donors (Lipinski definition) is 1. The number of carbonyl (C=O) groups excluding carboxylic acids is 3. The summed E-state index contributed by atoms with van der Waals surface area (Å²) in [6.07, 6.45) is 1.55. The maximum Gasteiger partial charge on any atom is 0.261 e. The Kier molecular flexibility index (Phi) is 3.36. The summed E-state index contributed by atoms with van der Waals surface area (Å²) in [4.78, 5) is 41.9. The molecule has 0 aliphatic carbocycles. The van der Waals surface area contributed by atoms with Crippen LogP contribution in [0.4, 0.5) is 5.69 Å². The second-order valence-electron chi connectivity index (χ2n) is 6.19. The molecule has 3 aromatic rings. The zero-order valence-corrected chi connectivity index (χ0v) is 14.4. The first kappa shape index (κ1) is 15.9. The van der Waals surface area contributed by atoms with E-state index in [0.29, 0.717) is 16.8 Å². The van der Waals surface area contributed by atoms with Crippen molar-refractivity contribution in [2.75, 3.05) is 12.4 Å². The van der Waals surface area contributed by atoms with Crippen LogP contribution in [0.5, 0.6) is 0 Å². The van der Waals surface area contributed by atoms with Crippen molar-refractivity contribution >= 4 is 34.4 Å². The maximum absolute atomic E-state index is 12.5. The van der Waals surface area contributed by atoms with E-state index in [0.717, 1.165) is 21.6 Å². The molecule has 0 fully saturated rings. The lowest BCUT2D eigenvalue weighted by Gasteiger charge is -2.06. The molecular weight excluding hydrogens is 334 g/mol. The third-order valence-electron chi connectivity index (χ3n) is 4.47. The fourth-order valence-electron chi connectivity index (χ4n) is 3.08. The van der Waals surface area contributed by atoms with Gasteiger partial charge in [-0.3, -0.25) is 24.0 Å². The molecule has 3 amide bonds. The van der Waals surface area contributed by atoms with E-state index in [2.05, 4.69) is 15.4 Å². The minimum absolute atomic E-state index is 0.238. The summed E-state index contributed by atoms with van der Waals surface area (Å²) in [5, 5.41) is 7.91. The highest BCUT2D eigenvalue weighted by atomic mass is 16.2. The molecule has 3 heterocycles. The van der Waals surface area contributed by atoms with Crippen molar-refractivity contribution in [1.29, 1.82) is 0 Å². The Morgan fingerprint density at radius 1 is 1.08 bits per heavy atom. The monoisotopic (exact) mass is 349 g/mol. The first-order valence-electron chi connectivity index (χ1n) is 7.94. The average molecular weight is 349 g/mol. The Balaban J connectivity index is 1.64. The fourth-order valence-corrected chi connectivity index (χ4v) is 3.08. The number of aromatic nitrogens is 3. The minimum Gasteiger partial charge on any atom is -0.321 e. The SMILES string of the molecule is Cc1nn(C)c2ncc(NC(=O)c3ccc4c(c3)C(=O)N(C)C4=O)cc12. The molecule has 0 atom stereocenters. The van der Waals surface area contributed by atoms with Crippen LogP contribution in [0.15, 0.2) is 30.5 Å². The highest BCUT2D eigenvalue weighted by molar-refractivity contribution is 6.22. The third-order valence-corrected chi connectivity index (χ3v) is 4.47. The molecule has 1 aliphatic heterocycles. The van der Waals surface area contributed by atoms with Gasteiger partial charge in [-0.05, 0) is 31.2 Å². The van der Waals surface area contributed by atoms with Crippen LogP contribution >= 0.6 is 0 Å². The van der Waals surface area contributed by atoms with Gasteiger partial charge in [-0.25, -0.2) is 4.98 Å². The number of fused-ring (bicyclic) bond motifs is 2. The van der Waals surface area contributed by atoms with Crippen LogP contribution in [0.2, 0.25) is 0 Å². The molecule has 1 N–H and O–H groups in total. The minimum atomic E-state index is -0.409. The number of pyridine rings is 1. The second-order valence-corrected chi connectivity index (χ2v) is 6.19. The quantitative estimate of drug-likeness (QED) is 0.711. The van der Waals surface area contributed by atoms with Crippen LogP contribution in [0.1, 0.15) is 36.8 Å². The highest BCUT2D eigenvalue weighted by Crippen LogP contribution is 2.24. The summed E-state index contributed by atoms with van der Waals surface area (Å²) in [5.41, 5.74) is 2.91. The smallest absolute Gasteiger partial charge is 0.261 e. The van der Waals surface area contributed by atoms with Gasteiger partial charge in [0.05, 0.1) is 28.7 Å². The summed E-state index contributed by atoms with van der Waals surface area (Å²) in [7, 11) is 3.22. The van der Waals surface area contributed by atoms with Crippen LogP contribution in [0.3, 0.4) is 0 Å². The summed E-state index contributed by atoms with van der Waals surface area (Å²) >= 11 is 0. The zero-order chi connectivity index (χ0) is 18.6. The first-order valence-corrected chi connectivity index (χ1v) is 7.94. The number of amides is 3. The predicted molar refractivity (Wildman–Crippen MR) is 94.1 cm³/mol. The van der Waals surface area contributed by atoms with Gasteiger partial charge in [0.25, 0.3) is 17.7 Å². The topological polar surface area (TPSA) is 97.2 Å². The Bertz CT molecular complexity index is 1120. The molecule has 0 saturated carbocycles. The van der Waals surface area contributed by atoms with Gasteiger partial charge in [-0.2, -0.15) is 5.10 Å². The van der Waals surface area contributed by atoms with Crippen LogP contribution in [0.25, 0.3) is 11.0 Å². The number of benzene rings is 1. The molecular formula is C18H15N5O3. The van der Waals surface area contributed by atoms with Crippen molar-refractivity contribution in [3.63, 3.8) is 0 Å². The number of nitrogens with one attached hydrogen (secondary N) is 1. The molecule has 8 heteroatoms. The lowest BCUT2D eigenvalue weighted by Crippen LogP contribution is -2.24. The van der Waals surface area contributed by atoms with Crippen molar-refractivity contribution < 1.29 is 14.4 Å². The summed E-state index contributed by atoms with van der Waals surface area (Å²) in [5.74, 6) is -1.15. The van der Waals surface area contributed by atoms with Crippen molar-refractivity contribution in [2.24, 2.45) is 7.05 Å². The lowest BCUT2D eigenvalue weighted by atomic mass is 10.1. The van der Waals surface area contributed by atoms with Crippen molar-refractivity contribution in [2.45, 2.75) is 6.92 Å². The van der Waals surface area contributed by atoms with Gasteiger partial charge in [-0.15, -0.1) is 0 Å². The van der Waals surface area contributed by atoms with Crippen LogP contribution in [-0.4, -0.2) is 44.4 Å². The molecule has 0 spiro atoms. The van der Waals surface area contributed by atoms with Gasteiger partial charge in [0.1, 0.15) is 0 Å². The number of carbonyl (C=O) groups is 3. The molecule has 1 aromatic carbocycles. The molecule has 26 heavy (non-hydrogen) atoms. The van der Waals surface area contributed by atoms with E-state index >= 15 is 0 Å². The van der Waals surface area contributed by atoms with Crippen molar-refractivity contribution in [3.05, 3.63) is 52.8 Å². The van der Waals surface area contributed by atoms with Gasteiger partial charge in [-0.1, -0.05) is 0 Å². The predicted octanol–water partition coefficient (Wildman–Crippen LogP) is 1.75. The Morgan fingerprint density at radius 2 is 1.81 bits per heavy atom. The standard InChI is InChI=1S/C18H15N5O3/c1-9-13-7-11(8-19-15(13)23(3)21-9)20-16(24)10-4-5-12-14(6-10)18(26)22(2)17(12)25/h4-8H,1-3H3,(H,20,24). The molecule has 2 aromatic heterocycles. The maximum atomic E-state index is 12.5. The summed E-state index contributed by atoms with van der Waals surface area (Å²) in [6, 6.07) is 6.27. The second kappa shape index (κ2) is 5.48. The number of hydrogen-bond acceptors (Lipinski definition) is 5. The summed E-state index contributed by atoms with van der Waals surface area (Å²) < 4.78 is 1.68. The number of anilines is 1. The highest BCUT2D eigenvalue weighted by Gasteiger charge is 2.33. The molecule has 0 unspecified atom stereocenters. The summed E-state index contributed by atoms with van der Waals surface area (Å²) in [6.45, 7) is 1.87. The molecule has 8 nitrogen and oxygen atoms in total. The van der Waals surface area contributed by atoms with Crippen molar-refractivity contribution in [1.82, 2.24) is 19.7 Å².